The van der Waals surface area contributed by atoms with Crippen molar-refractivity contribution in [3.05, 3.63) is 57.8 Å². The van der Waals surface area contributed by atoms with Crippen LogP contribution in [0.2, 0.25) is 0 Å². The van der Waals surface area contributed by atoms with Crippen LogP contribution in [-0.2, 0) is 4.79 Å². The molecular formula is C22H25F3N2O3S. The fourth-order valence-corrected chi connectivity index (χ4v) is 5.03. The molecule has 2 aromatic rings. The average Bonchev–Trinajstić information content (AvgIpc) is 3.42. The number of hydrogen-bond donors (Lipinski definition) is 1. The van der Waals surface area contributed by atoms with Gasteiger partial charge in [-0.2, -0.15) is 24.5 Å². The van der Waals surface area contributed by atoms with Gasteiger partial charge in [0.2, 0.25) is 0 Å². The summed E-state index contributed by atoms with van der Waals surface area (Å²) in [4.78, 5) is 26.2. The first kappa shape index (κ1) is 23.3. The lowest BCUT2D eigenvalue weighted by Gasteiger charge is -2.33. The molecule has 1 amide bonds. The first-order chi connectivity index (χ1) is 14.5. The van der Waals surface area contributed by atoms with E-state index in [1.807, 2.05) is 16.8 Å². The number of halogens is 3. The molecule has 1 aliphatic heterocycles. The minimum atomic E-state index is -5.08. The van der Waals surface area contributed by atoms with Gasteiger partial charge in [-0.1, -0.05) is 24.3 Å². The number of carboxylic acids is 1. The minimum absolute atomic E-state index is 0.189. The lowest BCUT2D eigenvalue weighted by Crippen LogP contribution is -2.36. The number of hydrogen-bond acceptors (Lipinski definition) is 4. The third-order valence-electron chi connectivity index (χ3n) is 6.04. The van der Waals surface area contributed by atoms with Crippen molar-refractivity contribution in [3.8, 4) is 0 Å². The van der Waals surface area contributed by atoms with Gasteiger partial charge in [-0.25, -0.2) is 4.79 Å². The smallest absolute Gasteiger partial charge is 0.475 e. The molecule has 1 aromatic heterocycles. The molecule has 168 valence electrons. The molecule has 1 fully saturated rings. The molecule has 2 aliphatic rings. The van der Waals surface area contributed by atoms with Crippen molar-refractivity contribution in [1.82, 2.24) is 9.80 Å². The van der Waals surface area contributed by atoms with E-state index in [2.05, 4.69) is 55.0 Å². The number of amides is 1. The number of aliphatic carboxylic acids is 1. The van der Waals surface area contributed by atoms with Gasteiger partial charge < -0.3 is 10.0 Å². The highest BCUT2D eigenvalue weighted by atomic mass is 32.1. The second-order valence-corrected chi connectivity index (χ2v) is 8.91. The average molecular weight is 455 g/mol. The molecule has 1 aromatic carbocycles. The fraction of sp³-hybridized carbons (Fsp3) is 0.455. The number of thiophene rings is 1. The van der Waals surface area contributed by atoms with Crippen LogP contribution < -0.4 is 0 Å². The van der Waals surface area contributed by atoms with Crippen molar-refractivity contribution in [3.63, 3.8) is 0 Å². The summed E-state index contributed by atoms with van der Waals surface area (Å²) in [7, 11) is 2.22. The molecule has 1 aliphatic carbocycles. The second-order valence-electron chi connectivity index (χ2n) is 8.13. The van der Waals surface area contributed by atoms with E-state index >= 15 is 0 Å². The van der Waals surface area contributed by atoms with Crippen molar-refractivity contribution in [1.29, 1.82) is 0 Å². The fourth-order valence-electron chi connectivity index (χ4n) is 4.40. The molecule has 0 radical (unpaired) electrons. The molecule has 1 N–H and O–H groups in total. The summed E-state index contributed by atoms with van der Waals surface area (Å²) in [6, 6.07) is 11.7. The van der Waals surface area contributed by atoms with E-state index in [1.54, 1.807) is 11.3 Å². The van der Waals surface area contributed by atoms with Gasteiger partial charge in [0, 0.05) is 42.4 Å². The normalized spacial score (nSPS) is 22.2. The maximum atomic E-state index is 12.8. The van der Waals surface area contributed by atoms with Gasteiger partial charge in [0.25, 0.3) is 5.91 Å². The Balaban J connectivity index is 0.000000339. The third-order valence-corrected chi connectivity index (χ3v) is 6.72. The van der Waals surface area contributed by atoms with E-state index in [1.165, 1.54) is 11.1 Å². The molecule has 2 heterocycles. The number of fused-ring (bicyclic) bond motifs is 3. The monoisotopic (exact) mass is 454 g/mol. The highest BCUT2D eigenvalue weighted by molar-refractivity contribution is 7.08. The molecule has 5 nitrogen and oxygen atoms in total. The largest absolute Gasteiger partial charge is 0.490 e. The number of benzene rings is 1. The number of carboxylic acid groups (broad SMARTS) is 1. The topological polar surface area (TPSA) is 60.9 Å². The maximum Gasteiger partial charge on any atom is 0.490 e. The zero-order valence-electron chi connectivity index (χ0n) is 17.5. The van der Waals surface area contributed by atoms with Gasteiger partial charge in [0.05, 0.1) is 5.56 Å². The Morgan fingerprint density at radius 2 is 1.77 bits per heavy atom. The molecule has 1 saturated heterocycles. The Morgan fingerprint density at radius 1 is 1.16 bits per heavy atom. The Kier molecular flexibility index (Phi) is 6.76. The van der Waals surface area contributed by atoms with E-state index in [-0.39, 0.29) is 5.91 Å². The van der Waals surface area contributed by atoms with Crippen LogP contribution in [0.1, 0.15) is 47.3 Å². The minimum Gasteiger partial charge on any atom is -0.475 e. The predicted octanol–water partition coefficient (Wildman–Crippen LogP) is 4.63. The first-order valence-corrected chi connectivity index (χ1v) is 10.9. The molecule has 9 heteroatoms. The van der Waals surface area contributed by atoms with E-state index < -0.39 is 12.1 Å². The van der Waals surface area contributed by atoms with Crippen LogP contribution in [0.4, 0.5) is 13.2 Å². The zero-order chi connectivity index (χ0) is 22.9. The predicted molar refractivity (Wildman–Crippen MR) is 112 cm³/mol. The van der Waals surface area contributed by atoms with Crippen molar-refractivity contribution in [2.24, 2.45) is 5.92 Å². The molecule has 0 unspecified atom stereocenters. The van der Waals surface area contributed by atoms with Gasteiger partial charge in [-0.3, -0.25) is 9.69 Å². The van der Waals surface area contributed by atoms with Crippen molar-refractivity contribution >= 4 is 23.2 Å². The van der Waals surface area contributed by atoms with Crippen LogP contribution in [0.5, 0.6) is 0 Å². The summed E-state index contributed by atoms with van der Waals surface area (Å²) >= 11 is 1.59. The molecule has 31 heavy (non-hydrogen) atoms. The van der Waals surface area contributed by atoms with Crippen LogP contribution in [0.15, 0.2) is 41.1 Å². The van der Waals surface area contributed by atoms with Crippen LogP contribution in [-0.4, -0.2) is 59.1 Å². The Bertz CT molecular complexity index is 930. The molecule has 0 spiro atoms. The third kappa shape index (κ3) is 4.77. The molecule has 0 bridgehead atoms. The summed E-state index contributed by atoms with van der Waals surface area (Å²) in [5, 5.41) is 11.1. The summed E-state index contributed by atoms with van der Waals surface area (Å²) in [6.07, 6.45) is -5.08. The second kappa shape index (κ2) is 9.00. The highest BCUT2D eigenvalue weighted by Crippen LogP contribution is 2.51. The Morgan fingerprint density at radius 3 is 2.29 bits per heavy atom. The van der Waals surface area contributed by atoms with Crippen LogP contribution in [0.3, 0.4) is 0 Å². The van der Waals surface area contributed by atoms with Gasteiger partial charge in [0.15, 0.2) is 0 Å². The number of likely N-dealkylation sites (tertiary alicyclic amines) is 1. The van der Waals surface area contributed by atoms with Gasteiger partial charge >= 0.3 is 12.1 Å². The standard InChI is InChI=1S/C20H24N2OS.C2HF3O2/c1-13(2)21(3)19-16-7-5-4-6-15(16)17-10-22(11-18(17)19)20(23)14-8-9-24-12-14;3-2(4,5)1(6)7/h4-9,12-13,17-19H,10-11H2,1-3H3;(H,6,7)/t17-,18-,19-;/m0./s1. The van der Waals surface area contributed by atoms with E-state index in [0.29, 0.717) is 23.9 Å². The lowest BCUT2D eigenvalue weighted by atomic mass is 9.93. The summed E-state index contributed by atoms with van der Waals surface area (Å²) in [6.45, 7) is 6.20. The molecular weight excluding hydrogens is 429 g/mol. The van der Waals surface area contributed by atoms with Crippen molar-refractivity contribution < 1.29 is 27.9 Å². The Labute approximate surface area is 183 Å². The van der Waals surface area contributed by atoms with Crippen molar-refractivity contribution in [2.45, 2.75) is 38.0 Å². The SMILES string of the molecule is CC(C)N(C)[C@H]1c2ccccc2[C@@H]2CN(C(=O)c3ccsc3)C[C@@H]21.O=C(O)C(F)(F)F. The van der Waals surface area contributed by atoms with Gasteiger partial charge in [-0.05, 0) is 43.5 Å². The Hall–Kier alpha value is -2.39. The van der Waals surface area contributed by atoms with E-state index in [4.69, 9.17) is 9.90 Å². The quantitative estimate of drug-likeness (QED) is 0.735. The van der Waals surface area contributed by atoms with E-state index in [9.17, 15) is 18.0 Å². The van der Waals surface area contributed by atoms with Gasteiger partial charge in [0.1, 0.15) is 0 Å². The lowest BCUT2D eigenvalue weighted by molar-refractivity contribution is -0.192. The van der Waals surface area contributed by atoms with Crippen LogP contribution in [0, 0.1) is 5.92 Å². The number of alkyl halides is 3. The molecule has 4 rings (SSSR count). The first-order valence-electron chi connectivity index (χ1n) is 9.94. The summed E-state index contributed by atoms with van der Waals surface area (Å²) in [5.41, 5.74) is 3.74. The van der Waals surface area contributed by atoms with Gasteiger partial charge in [-0.15, -0.1) is 0 Å². The highest BCUT2D eigenvalue weighted by Gasteiger charge is 2.48. The van der Waals surface area contributed by atoms with Crippen LogP contribution in [0.25, 0.3) is 0 Å². The van der Waals surface area contributed by atoms with Crippen LogP contribution >= 0.6 is 11.3 Å². The molecule has 0 saturated carbocycles. The summed E-state index contributed by atoms with van der Waals surface area (Å²) in [5.74, 6) is -1.60. The number of carbonyl (C=O) groups is 2. The number of carbonyl (C=O) groups excluding carboxylic acids is 1. The maximum absolute atomic E-state index is 12.8. The van der Waals surface area contributed by atoms with E-state index in [0.717, 1.165) is 18.7 Å². The number of rotatable bonds is 3. The summed E-state index contributed by atoms with van der Waals surface area (Å²) < 4.78 is 31.7. The molecule has 3 atom stereocenters. The van der Waals surface area contributed by atoms with Crippen molar-refractivity contribution in [2.75, 3.05) is 20.1 Å². The zero-order valence-corrected chi connectivity index (χ0v) is 18.3. The number of nitrogens with zero attached hydrogens (tertiary/aromatic N) is 2.